The van der Waals surface area contributed by atoms with Crippen molar-refractivity contribution in [1.82, 2.24) is 19.7 Å². The summed E-state index contributed by atoms with van der Waals surface area (Å²) in [7, 11) is 0. The van der Waals surface area contributed by atoms with Gasteiger partial charge in [-0.3, -0.25) is 0 Å². The van der Waals surface area contributed by atoms with E-state index in [1.165, 1.54) is 0 Å². The van der Waals surface area contributed by atoms with E-state index in [0.29, 0.717) is 0 Å². The van der Waals surface area contributed by atoms with E-state index in [0.717, 1.165) is 21.6 Å². The van der Waals surface area contributed by atoms with Gasteiger partial charge in [-0.2, -0.15) is 10.1 Å². The van der Waals surface area contributed by atoms with Gasteiger partial charge in [0.15, 0.2) is 5.82 Å². The summed E-state index contributed by atoms with van der Waals surface area (Å²) in [6.07, 6.45) is 3.70. The van der Waals surface area contributed by atoms with Gasteiger partial charge in [0.05, 0.1) is 11.6 Å². The molecule has 0 aromatic carbocycles. The Kier molecular flexibility index (Phi) is 1.90. The fourth-order valence-electron chi connectivity index (χ4n) is 1.56. The summed E-state index contributed by atoms with van der Waals surface area (Å²) in [5.74, 6) is 1.01. The van der Waals surface area contributed by atoms with Crippen molar-refractivity contribution in [2.24, 2.45) is 0 Å². The van der Waals surface area contributed by atoms with Gasteiger partial charge in [-0.05, 0) is 23.9 Å². The quantitative estimate of drug-likeness (QED) is 0.693. The minimum absolute atomic E-state index is 0.276. The average Bonchev–Trinajstić information content (AvgIpc) is 2.84. The van der Waals surface area contributed by atoms with Gasteiger partial charge in [-0.15, -0.1) is 11.3 Å². The molecule has 0 atom stereocenters. The third kappa shape index (κ3) is 1.35. The minimum Gasteiger partial charge on any atom is -0.368 e. The van der Waals surface area contributed by atoms with E-state index < -0.39 is 0 Å². The standard InChI is InChI=1S/C10H9N5S/c1-6-4-12-15(5-6)8-7-2-3-16-9(7)14-10(11)13-8/h2-5H,1H3,(H2,11,13,14). The van der Waals surface area contributed by atoms with Gasteiger partial charge in [-0.1, -0.05) is 0 Å². The lowest BCUT2D eigenvalue weighted by Crippen LogP contribution is -2.03. The third-order valence-electron chi connectivity index (χ3n) is 2.25. The molecular formula is C10H9N5S. The number of nitrogens with two attached hydrogens (primary N) is 1. The highest BCUT2D eigenvalue weighted by atomic mass is 32.1. The molecular weight excluding hydrogens is 222 g/mol. The zero-order valence-electron chi connectivity index (χ0n) is 8.58. The summed E-state index contributed by atoms with van der Waals surface area (Å²) in [6, 6.07) is 1.98. The van der Waals surface area contributed by atoms with Crippen LogP contribution in [0.2, 0.25) is 0 Å². The van der Waals surface area contributed by atoms with Crippen LogP contribution in [0.4, 0.5) is 5.95 Å². The second-order valence-electron chi connectivity index (χ2n) is 3.51. The van der Waals surface area contributed by atoms with Crippen LogP contribution in [-0.4, -0.2) is 19.7 Å². The van der Waals surface area contributed by atoms with Crippen LogP contribution in [0.15, 0.2) is 23.8 Å². The molecule has 6 heteroatoms. The van der Waals surface area contributed by atoms with E-state index in [1.807, 2.05) is 24.6 Å². The van der Waals surface area contributed by atoms with Gasteiger partial charge in [0.2, 0.25) is 5.95 Å². The van der Waals surface area contributed by atoms with Crippen molar-refractivity contribution in [1.29, 1.82) is 0 Å². The van der Waals surface area contributed by atoms with Crippen LogP contribution in [0.3, 0.4) is 0 Å². The molecule has 3 rings (SSSR count). The van der Waals surface area contributed by atoms with Gasteiger partial charge < -0.3 is 5.73 Å². The van der Waals surface area contributed by atoms with E-state index in [1.54, 1.807) is 22.2 Å². The second kappa shape index (κ2) is 3.28. The Labute approximate surface area is 95.6 Å². The normalized spacial score (nSPS) is 11.1. The number of aryl methyl sites for hydroxylation is 1. The first kappa shape index (κ1) is 9.29. The monoisotopic (exact) mass is 231 g/mol. The molecule has 0 aliphatic rings. The lowest BCUT2D eigenvalue weighted by molar-refractivity contribution is 0.854. The lowest BCUT2D eigenvalue weighted by Gasteiger charge is -2.02. The van der Waals surface area contributed by atoms with E-state index in [4.69, 9.17) is 5.73 Å². The van der Waals surface area contributed by atoms with Crippen molar-refractivity contribution in [3.8, 4) is 5.82 Å². The van der Waals surface area contributed by atoms with Gasteiger partial charge in [0.1, 0.15) is 4.83 Å². The maximum Gasteiger partial charge on any atom is 0.223 e. The van der Waals surface area contributed by atoms with Gasteiger partial charge in [0.25, 0.3) is 0 Å². The average molecular weight is 231 g/mol. The number of nitrogens with zero attached hydrogens (tertiary/aromatic N) is 4. The zero-order chi connectivity index (χ0) is 11.1. The summed E-state index contributed by atoms with van der Waals surface area (Å²) in [4.78, 5) is 9.29. The Bertz CT molecular complexity index is 654. The minimum atomic E-state index is 0.276. The number of hydrogen-bond acceptors (Lipinski definition) is 5. The fraction of sp³-hybridized carbons (Fsp3) is 0.100. The van der Waals surface area contributed by atoms with Crippen LogP contribution in [0.1, 0.15) is 5.56 Å². The molecule has 0 saturated carbocycles. The topological polar surface area (TPSA) is 69.6 Å². The Balaban J connectivity index is 2.33. The second-order valence-corrected chi connectivity index (χ2v) is 4.40. The smallest absolute Gasteiger partial charge is 0.223 e. The van der Waals surface area contributed by atoms with E-state index in [-0.39, 0.29) is 5.95 Å². The molecule has 16 heavy (non-hydrogen) atoms. The molecule has 80 valence electrons. The molecule has 0 aliphatic heterocycles. The molecule has 0 spiro atoms. The highest BCUT2D eigenvalue weighted by Gasteiger charge is 2.09. The maximum absolute atomic E-state index is 5.67. The Morgan fingerprint density at radius 2 is 2.25 bits per heavy atom. The number of hydrogen-bond donors (Lipinski definition) is 1. The predicted molar refractivity (Wildman–Crippen MR) is 63.7 cm³/mol. The number of thiophene rings is 1. The first-order chi connectivity index (χ1) is 7.74. The van der Waals surface area contributed by atoms with Crippen LogP contribution in [0, 0.1) is 6.92 Å². The number of anilines is 1. The molecule has 0 saturated heterocycles. The Morgan fingerprint density at radius 3 is 3.00 bits per heavy atom. The molecule has 0 unspecified atom stereocenters. The summed E-state index contributed by atoms with van der Waals surface area (Å²) in [6.45, 7) is 1.98. The zero-order valence-corrected chi connectivity index (χ0v) is 9.40. The maximum atomic E-state index is 5.67. The lowest BCUT2D eigenvalue weighted by atomic mass is 10.4. The van der Waals surface area contributed by atoms with E-state index >= 15 is 0 Å². The Morgan fingerprint density at radius 1 is 1.38 bits per heavy atom. The first-order valence-electron chi connectivity index (χ1n) is 4.76. The van der Waals surface area contributed by atoms with Crippen LogP contribution < -0.4 is 5.73 Å². The summed E-state index contributed by atoms with van der Waals surface area (Å²) in [5, 5.41) is 7.18. The summed E-state index contributed by atoms with van der Waals surface area (Å²) < 4.78 is 1.72. The summed E-state index contributed by atoms with van der Waals surface area (Å²) >= 11 is 1.54. The molecule has 0 fully saturated rings. The van der Waals surface area contributed by atoms with Gasteiger partial charge in [-0.25, -0.2) is 9.67 Å². The SMILES string of the molecule is Cc1cnn(-c2nc(N)nc3sccc23)c1. The molecule has 0 bridgehead atoms. The van der Waals surface area contributed by atoms with Crippen LogP contribution >= 0.6 is 11.3 Å². The van der Waals surface area contributed by atoms with Crippen LogP contribution in [0.25, 0.3) is 16.0 Å². The van der Waals surface area contributed by atoms with Crippen molar-refractivity contribution < 1.29 is 0 Å². The number of nitrogen functional groups attached to an aromatic ring is 1. The fourth-order valence-corrected chi connectivity index (χ4v) is 2.32. The van der Waals surface area contributed by atoms with E-state index in [2.05, 4.69) is 15.1 Å². The van der Waals surface area contributed by atoms with Gasteiger partial charge >= 0.3 is 0 Å². The van der Waals surface area contributed by atoms with Crippen molar-refractivity contribution in [2.45, 2.75) is 6.92 Å². The summed E-state index contributed by atoms with van der Waals surface area (Å²) in [5.41, 5.74) is 6.76. The van der Waals surface area contributed by atoms with Crippen molar-refractivity contribution >= 4 is 27.5 Å². The van der Waals surface area contributed by atoms with Crippen LogP contribution in [-0.2, 0) is 0 Å². The number of aromatic nitrogens is 4. The molecule has 0 radical (unpaired) electrons. The largest absolute Gasteiger partial charge is 0.368 e. The molecule has 2 N–H and O–H groups in total. The number of fused-ring (bicyclic) bond motifs is 1. The molecule has 0 amide bonds. The first-order valence-corrected chi connectivity index (χ1v) is 5.64. The highest BCUT2D eigenvalue weighted by molar-refractivity contribution is 7.16. The molecule has 5 nitrogen and oxygen atoms in total. The molecule has 3 aromatic rings. The van der Waals surface area contributed by atoms with Crippen molar-refractivity contribution in [2.75, 3.05) is 5.73 Å². The molecule has 3 aromatic heterocycles. The molecule has 3 heterocycles. The van der Waals surface area contributed by atoms with Gasteiger partial charge in [0, 0.05) is 6.20 Å². The molecule has 0 aliphatic carbocycles. The van der Waals surface area contributed by atoms with Crippen molar-refractivity contribution in [3.05, 3.63) is 29.4 Å². The van der Waals surface area contributed by atoms with Crippen molar-refractivity contribution in [3.63, 3.8) is 0 Å². The Hall–Kier alpha value is -1.95. The predicted octanol–water partition coefficient (Wildman–Crippen LogP) is 1.77. The van der Waals surface area contributed by atoms with E-state index in [9.17, 15) is 0 Å². The highest BCUT2D eigenvalue weighted by Crippen LogP contribution is 2.24. The number of rotatable bonds is 1. The third-order valence-corrected chi connectivity index (χ3v) is 3.06. The van der Waals surface area contributed by atoms with Crippen LogP contribution in [0.5, 0.6) is 0 Å².